The van der Waals surface area contributed by atoms with E-state index in [0.717, 1.165) is 6.42 Å². The van der Waals surface area contributed by atoms with Crippen LogP contribution in [0.15, 0.2) is 18.2 Å². The lowest BCUT2D eigenvalue weighted by Gasteiger charge is -2.26. The van der Waals surface area contributed by atoms with E-state index in [1.54, 1.807) is 18.2 Å². The summed E-state index contributed by atoms with van der Waals surface area (Å²) in [6.07, 6.45) is 0.813. The first-order valence-corrected chi connectivity index (χ1v) is 8.70. The van der Waals surface area contributed by atoms with Gasteiger partial charge in [0.25, 0.3) is 0 Å². The number of nitrogens with zero attached hydrogens (tertiary/aromatic N) is 1. The maximum Gasteiger partial charge on any atom is 0.243 e. The Kier molecular flexibility index (Phi) is 8.68. The number of rotatable bonds is 7. The number of ether oxygens (including phenoxy) is 2. The molecule has 2 rings (SSSR count). The highest BCUT2D eigenvalue weighted by atomic mass is 35.5. The van der Waals surface area contributed by atoms with E-state index in [-0.39, 0.29) is 36.7 Å². The lowest BCUT2D eigenvalue weighted by atomic mass is 9.99. The molecule has 1 aliphatic rings. The Labute approximate surface area is 160 Å². The monoisotopic (exact) mass is 385 g/mol. The summed E-state index contributed by atoms with van der Waals surface area (Å²) in [6, 6.07) is 4.63. The van der Waals surface area contributed by atoms with Crippen LogP contribution in [0, 0.1) is 5.92 Å². The molecule has 0 saturated heterocycles. The van der Waals surface area contributed by atoms with Crippen molar-refractivity contribution in [2.45, 2.75) is 33.2 Å². The molecule has 1 aromatic rings. The van der Waals surface area contributed by atoms with Crippen LogP contribution in [0.25, 0.3) is 0 Å². The third-order valence-corrected chi connectivity index (χ3v) is 4.40. The van der Waals surface area contributed by atoms with Crippen molar-refractivity contribution in [3.8, 4) is 11.5 Å². The summed E-state index contributed by atoms with van der Waals surface area (Å²) in [4.78, 5) is 26.2. The number of carbonyl (C=O) groups is 2. The van der Waals surface area contributed by atoms with Crippen LogP contribution in [0.4, 0.5) is 5.69 Å². The Morgan fingerprint density at radius 2 is 1.88 bits per heavy atom. The molecule has 0 radical (unpaired) electrons. The van der Waals surface area contributed by atoms with Crippen LogP contribution in [0.1, 0.15) is 27.2 Å². The van der Waals surface area contributed by atoms with Crippen molar-refractivity contribution >= 4 is 29.9 Å². The minimum absolute atomic E-state index is 0. The average molecular weight is 386 g/mol. The number of nitrogens with two attached hydrogens (primary N) is 1. The molecule has 146 valence electrons. The molecule has 0 aromatic heterocycles. The molecule has 0 bridgehead atoms. The van der Waals surface area contributed by atoms with Crippen molar-refractivity contribution in [3.63, 3.8) is 0 Å². The van der Waals surface area contributed by atoms with Gasteiger partial charge in [-0.3, -0.25) is 9.59 Å². The van der Waals surface area contributed by atoms with E-state index in [0.29, 0.717) is 36.9 Å². The number of hydrogen-bond acceptors (Lipinski definition) is 5. The molecule has 0 aliphatic carbocycles. The van der Waals surface area contributed by atoms with Crippen LogP contribution in [-0.4, -0.2) is 49.1 Å². The van der Waals surface area contributed by atoms with Crippen LogP contribution in [-0.2, 0) is 9.59 Å². The van der Waals surface area contributed by atoms with Crippen molar-refractivity contribution in [3.05, 3.63) is 18.2 Å². The molecule has 7 nitrogen and oxygen atoms in total. The molecular formula is C18H28ClN3O4. The van der Waals surface area contributed by atoms with E-state index < -0.39 is 6.04 Å². The predicted molar refractivity (Wildman–Crippen MR) is 103 cm³/mol. The van der Waals surface area contributed by atoms with Crippen molar-refractivity contribution in [2.75, 3.05) is 31.6 Å². The van der Waals surface area contributed by atoms with Gasteiger partial charge in [-0.25, -0.2) is 0 Å². The summed E-state index contributed by atoms with van der Waals surface area (Å²) >= 11 is 0. The van der Waals surface area contributed by atoms with E-state index >= 15 is 0 Å². The summed E-state index contributed by atoms with van der Waals surface area (Å²) in [5.74, 6) is 0.861. The van der Waals surface area contributed by atoms with Crippen molar-refractivity contribution in [2.24, 2.45) is 11.7 Å². The van der Waals surface area contributed by atoms with Gasteiger partial charge in [-0.2, -0.15) is 0 Å². The first kappa shape index (κ1) is 22.1. The highest BCUT2D eigenvalue weighted by Gasteiger charge is 2.25. The standard InChI is InChI=1S/C18H27N3O4.ClH/c1-4-12(3)17(19)18(23)21(5-2)11-16(22)20-13-6-7-14-15(10-13)25-9-8-24-14;/h6-7,10,12,17H,4-5,8-9,11,19H2,1-3H3,(H,20,22);1H. The van der Waals surface area contributed by atoms with Crippen molar-refractivity contribution in [1.29, 1.82) is 0 Å². The molecule has 3 N–H and O–H groups in total. The number of likely N-dealkylation sites (N-methyl/N-ethyl adjacent to an activating group) is 1. The number of nitrogens with one attached hydrogen (secondary N) is 1. The smallest absolute Gasteiger partial charge is 0.243 e. The van der Waals surface area contributed by atoms with Gasteiger partial charge in [0.05, 0.1) is 12.6 Å². The van der Waals surface area contributed by atoms with Crippen LogP contribution >= 0.6 is 12.4 Å². The van der Waals surface area contributed by atoms with Crippen molar-refractivity contribution in [1.82, 2.24) is 4.90 Å². The normalized spacial score (nSPS) is 14.6. The molecule has 1 heterocycles. The molecule has 2 atom stereocenters. The van der Waals surface area contributed by atoms with E-state index in [2.05, 4.69) is 5.32 Å². The Morgan fingerprint density at radius 3 is 2.50 bits per heavy atom. The zero-order chi connectivity index (χ0) is 18.4. The van der Waals surface area contributed by atoms with E-state index in [1.807, 2.05) is 20.8 Å². The summed E-state index contributed by atoms with van der Waals surface area (Å²) in [6.45, 7) is 7.15. The summed E-state index contributed by atoms with van der Waals surface area (Å²) in [5, 5.41) is 2.78. The van der Waals surface area contributed by atoms with Gasteiger partial charge >= 0.3 is 0 Å². The summed E-state index contributed by atoms with van der Waals surface area (Å²) in [5.41, 5.74) is 6.60. The number of carbonyl (C=O) groups excluding carboxylic acids is 2. The number of hydrogen-bond donors (Lipinski definition) is 2. The third kappa shape index (κ3) is 5.51. The minimum Gasteiger partial charge on any atom is -0.486 e. The molecule has 0 fully saturated rings. The van der Waals surface area contributed by atoms with Gasteiger partial charge in [0.1, 0.15) is 13.2 Å². The minimum atomic E-state index is -0.591. The van der Waals surface area contributed by atoms with Gasteiger partial charge in [0.2, 0.25) is 11.8 Å². The number of fused-ring (bicyclic) bond motifs is 1. The SMILES string of the molecule is CCC(C)C(N)C(=O)N(CC)CC(=O)Nc1ccc2c(c1)OCCO2.Cl. The molecule has 2 amide bonds. The number of benzene rings is 1. The van der Waals surface area contributed by atoms with Gasteiger partial charge in [-0.1, -0.05) is 20.3 Å². The number of halogens is 1. The van der Waals surface area contributed by atoms with Gasteiger partial charge in [0.15, 0.2) is 11.5 Å². The number of anilines is 1. The van der Waals surface area contributed by atoms with Gasteiger partial charge in [0, 0.05) is 18.3 Å². The molecule has 1 aliphatic heterocycles. The molecule has 0 saturated carbocycles. The molecule has 1 aromatic carbocycles. The Balaban J connectivity index is 0.00000338. The fraction of sp³-hybridized carbons (Fsp3) is 0.556. The maximum atomic E-state index is 12.4. The quantitative estimate of drug-likeness (QED) is 0.749. The fourth-order valence-electron chi connectivity index (χ4n) is 2.55. The maximum absolute atomic E-state index is 12.4. The van der Waals surface area contributed by atoms with Crippen LogP contribution in [0.5, 0.6) is 11.5 Å². The van der Waals surface area contributed by atoms with E-state index in [1.165, 1.54) is 4.90 Å². The van der Waals surface area contributed by atoms with Crippen molar-refractivity contribution < 1.29 is 19.1 Å². The molecule has 8 heteroatoms. The van der Waals surface area contributed by atoms with Gasteiger partial charge in [-0.05, 0) is 25.0 Å². The van der Waals surface area contributed by atoms with Gasteiger partial charge < -0.3 is 25.4 Å². The zero-order valence-electron chi connectivity index (χ0n) is 15.5. The predicted octanol–water partition coefficient (Wildman–Crippen LogP) is 2.04. The highest BCUT2D eigenvalue weighted by molar-refractivity contribution is 5.95. The average Bonchev–Trinajstić information content (AvgIpc) is 2.64. The zero-order valence-corrected chi connectivity index (χ0v) is 16.3. The van der Waals surface area contributed by atoms with Crippen LogP contribution < -0.4 is 20.5 Å². The van der Waals surface area contributed by atoms with E-state index in [9.17, 15) is 9.59 Å². The second-order valence-corrected chi connectivity index (χ2v) is 6.17. The second-order valence-electron chi connectivity index (χ2n) is 6.17. The second kappa shape index (κ2) is 10.2. The largest absolute Gasteiger partial charge is 0.486 e. The number of amides is 2. The van der Waals surface area contributed by atoms with E-state index in [4.69, 9.17) is 15.2 Å². The third-order valence-electron chi connectivity index (χ3n) is 4.40. The highest BCUT2D eigenvalue weighted by Crippen LogP contribution is 2.32. The lowest BCUT2D eigenvalue weighted by Crippen LogP contribution is -2.49. The Hall–Kier alpha value is -1.99. The topological polar surface area (TPSA) is 93.9 Å². The first-order valence-electron chi connectivity index (χ1n) is 8.70. The Morgan fingerprint density at radius 1 is 1.23 bits per heavy atom. The Bertz CT molecular complexity index is 626. The van der Waals surface area contributed by atoms with Gasteiger partial charge in [-0.15, -0.1) is 12.4 Å². The first-order chi connectivity index (χ1) is 12.0. The summed E-state index contributed by atoms with van der Waals surface area (Å²) in [7, 11) is 0. The summed E-state index contributed by atoms with van der Waals surface area (Å²) < 4.78 is 11.0. The fourth-order valence-corrected chi connectivity index (χ4v) is 2.55. The lowest BCUT2D eigenvalue weighted by molar-refractivity contribution is -0.136. The molecule has 26 heavy (non-hydrogen) atoms. The molecule has 2 unspecified atom stereocenters. The molecule has 0 spiro atoms. The molecular weight excluding hydrogens is 358 g/mol. The van der Waals surface area contributed by atoms with Crippen LogP contribution in [0.3, 0.4) is 0 Å². The van der Waals surface area contributed by atoms with Crippen LogP contribution in [0.2, 0.25) is 0 Å².